The van der Waals surface area contributed by atoms with Gasteiger partial charge < -0.3 is 4.90 Å². The highest BCUT2D eigenvalue weighted by atomic mass is 15.2. The molecule has 0 aromatic heterocycles. The molecule has 0 N–H and O–H groups in total. The van der Waals surface area contributed by atoms with Gasteiger partial charge in [-0.15, -0.1) is 0 Å². The maximum atomic E-state index is 9.24. The Bertz CT molecular complexity index is 534. The summed E-state index contributed by atoms with van der Waals surface area (Å²) in [6.07, 6.45) is 2.66. The molecular weight excluding hydrogens is 234 g/mol. The first kappa shape index (κ1) is 13.4. The number of para-hydroxylation sites is 1. The summed E-state index contributed by atoms with van der Waals surface area (Å²) in [7, 11) is 0. The molecule has 1 fully saturated rings. The number of piperidine rings is 1. The van der Waals surface area contributed by atoms with Gasteiger partial charge in [0.1, 0.15) is 6.07 Å². The number of hydrogen-bond acceptors (Lipinski definition) is 3. The van der Waals surface area contributed by atoms with Crippen LogP contribution < -0.4 is 4.90 Å². The van der Waals surface area contributed by atoms with Crippen LogP contribution in [0.15, 0.2) is 24.3 Å². The van der Waals surface area contributed by atoms with Crippen LogP contribution in [-0.2, 0) is 0 Å². The minimum atomic E-state index is -0.00722. The van der Waals surface area contributed by atoms with E-state index in [0.717, 1.165) is 30.6 Å². The van der Waals surface area contributed by atoms with Gasteiger partial charge in [0.2, 0.25) is 0 Å². The largest absolute Gasteiger partial charge is 0.365 e. The number of hydrogen-bond donors (Lipinski definition) is 0. The molecule has 1 atom stereocenters. The summed E-state index contributed by atoms with van der Waals surface area (Å²) in [5, 5.41) is 18.1. The number of rotatable bonds is 2. The minimum Gasteiger partial charge on any atom is -0.365 e. The molecule has 3 heteroatoms. The van der Waals surface area contributed by atoms with Gasteiger partial charge in [0.25, 0.3) is 0 Å². The molecule has 0 spiro atoms. The van der Waals surface area contributed by atoms with E-state index in [4.69, 9.17) is 5.26 Å². The standard InChI is InChI=1S/C16H19N3/c1-16(2)11-13(7-9-17)8-10-19(16)15-6-4-3-5-14(15)12-18/h3-6,13H,7-8,10-11H2,1-2H3. The van der Waals surface area contributed by atoms with Crippen LogP contribution >= 0.6 is 0 Å². The Morgan fingerprint density at radius 3 is 2.68 bits per heavy atom. The molecule has 0 saturated carbocycles. The highest BCUT2D eigenvalue weighted by Gasteiger charge is 2.35. The van der Waals surface area contributed by atoms with Crippen molar-refractivity contribution < 1.29 is 0 Å². The van der Waals surface area contributed by atoms with Crippen LogP contribution in [0, 0.1) is 28.6 Å². The zero-order valence-corrected chi connectivity index (χ0v) is 11.6. The van der Waals surface area contributed by atoms with Crippen LogP contribution in [0.3, 0.4) is 0 Å². The fourth-order valence-electron chi connectivity index (χ4n) is 3.09. The van der Waals surface area contributed by atoms with Gasteiger partial charge in [0.05, 0.1) is 17.3 Å². The molecule has 1 aliphatic rings. The smallest absolute Gasteiger partial charge is 0.101 e. The number of anilines is 1. The van der Waals surface area contributed by atoms with Crippen LogP contribution in [0.25, 0.3) is 0 Å². The van der Waals surface area contributed by atoms with E-state index in [2.05, 4.69) is 30.9 Å². The van der Waals surface area contributed by atoms with E-state index in [1.807, 2.05) is 24.3 Å². The van der Waals surface area contributed by atoms with Crippen LogP contribution in [0.4, 0.5) is 5.69 Å². The molecule has 0 radical (unpaired) electrons. The second kappa shape index (κ2) is 5.33. The maximum Gasteiger partial charge on any atom is 0.101 e. The third kappa shape index (κ3) is 2.71. The number of benzene rings is 1. The molecule has 1 aromatic rings. The molecule has 1 heterocycles. The van der Waals surface area contributed by atoms with Gasteiger partial charge >= 0.3 is 0 Å². The monoisotopic (exact) mass is 253 g/mol. The molecule has 0 amide bonds. The zero-order valence-electron chi connectivity index (χ0n) is 11.6. The molecule has 19 heavy (non-hydrogen) atoms. The van der Waals surface area contributed by atoms with Crippen molar-refractivity contribution in [1.82, 2.24) is 0 Å². The quantitative estimate of drug-likeness (QED) is 0.811. The van der Waals surface area contributed by atoms with Gasteiger partial charge in [-0.2, -0.15) is 10.5 Å². The van der Waals surface area contributed by atoms with Gasteiger partial charge in [-0.3, -0.25) is 0 Å². The predicted octanol–water partition coefficient (Wildman–Crippen LogP) is 3.47. The molecule has 0 aliphatic carbocycles. The van der Waals surface area contributed by atoms with Crippen molar-refractivity contribution in [2.24, 2.45) is 5.92 Å². The molecule has 3 nitrogen and oxygen atoms in total. The first-order chi connectivity index (χ1) is 9.08. The van der Waals surface area contributed by atoms with Gasteiger partial charge in [-0.1, -0.05) is 12.1 Å². The fourth-order valence-corrected chi connectivity index (χ4v) is 3.09. The Balaban J connectivity index is 2.27. The molecular formula is C16H19N3. The molecule has 1 aromatic carbocycles. The summed E-state index contributed by atoms with van der Waals surface area (Å²) in [6.45, 7) is 5.31. The Morgan fingerprint density at radius 2 is 2.05 bits per heavy atom. The van der Waals surface area contributed by atoms with Crippen molar-refractivity contribution >= 4 is 5.69 Å². The van der Waals surface area contributed by atoms with E-state index in [0.29, 0.717) is 12.3 Å². The lowest BCUT2D eigenvalue weighted by Gasteiger charge is -2.47. The fraction of sp³-hybridized carbons (Fsp3) is 0.500. The third-order valence-corrected chi connectivity index (χ3v) is 3.98. The molecule has 1 aliphatic heterocycles. The second-order valence-electron chi connectivity index (χ2n) is 5.81. The van der Waals surface area contributed by atoms with E-state index in [-0.39, 0.29) is 5.54 Å². The summed E-state index contributed by atoms with van der Waals surface area (Å²) in [6, 6.07) is 12.3. The van der Waals surface area contributed by atoms with Crippen molar-refractivity contribution in [3.05, 3.63) is 29.8 Å². The highest BCUT2D eigenvalue weighted by Crippen LogP contribution is 2.37. The molecule has 1 saturated heterocycles. The van der Waals surface area contributed by atoms with Crippen LogP contribution in [0.2, 0.25) is 0 Å². The van der Waals surface area contributed by atoms with Gasteiger partial charge in [0, 0.05) is 18.5 Å². The minimum absolute atomic E-state index is 0.00722. The van der Waals surface area contributed by atoms with Crippen molar-refractivity contribution in [1.29, 1.82) is 10.5 Å². The molecule has 2 rings (SSSR count). The van der Waals surface area contributed by atoms with Crippen molar-refractivity contribution in [3.8, 4) is 12.1 Å². The molecule has 98 valence electrons. The van der Waals surface area contributed by atoms with Crippen LogP contribution in [0.5, 0.6) is 0 Å². The number of nitrogens with zero attached hydrogens (tertiary/aromatic N) is 3. The Hall–Kier alpha value is -2.00. The van der Waals surface area contributed by atoms with Gasteiger partial charge in [-0.05, 0) is 44.7 Å². The first-order valence-electron chi connectivity index (χ1n) is 6.72. The lowest BCUT2D eigenvalue weighted by Crippen LogP contribution is -2.50. The van der Waals surface area contributed by atoms with Crippen molar-refractivity contribution in [3.63, 3.8) is 0 Å². The van der Waals surface area contributed by atoms with Gasteiger partial charge in [0.15, 0.2) is 0 Å². The summed E-state index contributed by atoms with van der Waals surface area (Å²) in [5.41, 5.74) is 1.74. The van der Waals surface area contributed by atoms with E-state index >= 15 is 0 Å². The SMILES string of the molecule is CC1(C)CC(CC#N)CCN1c1ccccc1C#N. The summed E-state index contributed by atoms with van der Waals surface area (Å²) < 4.78 is 0. The summed E-state index contributed by atoms with van der Waals surface area (Å²) in [5.74, 6) is 0.477. The predicted molar refractivity (Wildman–Crippen MR) is 75.5 cm³/mol. The average molecular weight is 253 g/mol. The Morgan fingerprint density at radius 1 is 1.32 bits per heavy atom. The first-order valence-corrected chi connectivity index (χ1v) is 6.72. The average Bonchev–Trinajstić information content (AvgIpc) is 2.38. The maximum absolute atomic E-state index is 9.24. The highest BCUT2D eigenvalue weighted by molar-refractivity contribution is 5.60. The van der Waals surface area contributed by atoms with Crippen molar-refractivity contribution in [2.75, 3.05) is 11.4 Å². The van der Waals surface area contributed by atoms with Gasteiger partial charge in [-0.25, -0.2) is 0 Å². The van der Waals surface area contributed by atoms with E-state index < -0.39 is 0 Å². The zero-order chi connectivity index (χ0) is 13.9. The van der Waals surface area contributed by atoms with Crippen LogP contribution in [0.1, 0.15) is 38.7 Å². The van der Waals surface area contributed by atoms with E-state index in [1.54, 1.807) is 0 Å². The van der Waals surface area contributed by atoms with Crippen LogP contribution in [-0.4, -0.2) is 12.1 Å². The summed E-state index contributed by atoms with van der Waals surface area (Å²) >= 11 is 0. The second-order valence-corrected chi connectivity index (χ2v) is 5.81. The molecule has 0 bridgehead atoms. The Labute approximate surface area is 115 Å². The topological polar surface area (TPSA) is 50.8 Å². The molecule has 1 unspecified atom stereocenters. The summed E-state index contributed by atoms with van der Waals surface area (Å²) in [4.78, 5) is 2.32. The van der Waals surface area contributed by atoms with E-state index in [9.17, 15) is 5.26 Å². The number of nitriles is 2. The third-order valence-electron chi connectivity index (χ3n) is 3.98. The lowest BCUT2D eigenvalue weighted by molar-refractivity contribution is 0.277. The van der Waals surface area contributed by atoms with Crippen molar-refractivity contribution in [2.45, 2.75) is 38.6 Å². The Kier molecular flexibility index (Phi) is 3.76. The lowest BCUT2D eigenvalue weighted by atomic mass is 9.80. The van der Waals surface area contributed by atoms with E-state index in [1.165, 1.54) is 0 Å². The normalized spacial score (nSPS) is 21.5.